The van der Waals surface area contributed by atoms with E-state index < -0.39 is 10.0 Å². The Balaban J connectivity index is 1.69. The van der Waals surface area contributed by atoms with Gasteiger partial charge in [0.05, 0.1) is 11.4 Å². The molecule has 5 nitrogen and oxygen atoms in total. The van der Waals surface area contributed by atoms with Crippen LogP contribution in [0.4, 0.5) is 11.4 Å². The fraction of sp³-hybridized carbons (Fsp3) is 0.389. The molecule has 1 aliphatic rings. The fourth-order valence-corrected chi connectivity index (χ4v) is 4.91. The molecule has 0 radical (unpaired) electrons. The van der Waals surface area contributed by atoms with Crippen molar-refractivity contribution in [3.63, 3.8) is 0 Å². The van der Waals surface area contributed by atoms with Crippen molar-refractivity contribution in [1.29, 1.82) is 0 Å². The van der Waals surface area contributed by atoms with Gasteiger partial charge in [-0.15, -0.1) is 11.3 Å². The van der Waals surface area contributed by atoms with Crippen LogP contribution in [0.25, 0.3) is 0 Å². The second kappa shape index (κ2) is 7.58. The topological polar surface area (TPSA) is 66.5 Å². The van der Waals surface area contributed by atoms with Crippen LogP contribution in [0, 0.1) is 0 Å². The highest BCUT2D eigenvalue weighted by atomic mass is 32.2. The number of carbonyl (C=O) groups is 1. The van der Waals surface area contributed by atoms with E-state index in [2.05, 4.69) is 5.32 Å². The Hall–Kier alpha value is -1.86. The minimum atomic E-state index is -3.26. The Labute approximate surface area is 152 Å². The molecule has 0 saturated heterocycles. The average molecular weight is 379 g/mol. The lowest BCUT2D eigenvalue weighted by Gasteiger charge is -2.30. The first kappa shape index (κ1) is 17.9. The summed E-state index contributed by atoms with van der Waals surface area (Å²) in [5.41, 5.74) is 2.44. The Morgan fingerprint density at radius 3 is 2.88 bits per heavy atom. The summed E-state index contributed by atoms with van der Waals surface area (Å²) in [4.78, 5) is 13.3. The molecule has 0 aliphatic carbocycles. The van der Waals surface area contributed by atoms with E-state index in [1.54, 1.807) is 30.4 Å². The molecule has 1 aliphatic heterocycles. The van der Waals surface area contributed by atoms with Gasteiger partial charge in [-0.25, -0.2) is 8.42 Å². The second-order valence-corrected chi connectivity index (χ2v) is 9.26. The SMILES string of the molecule is CCS(=O)(=O)N1CCCc2cc(NC(=O)CCc3cccs3)ccc21. The molecule has 7 heteroatoms. The van der Waals surface area contributed by atoms with E-state index in [-0.39, 0.29) is 11.7 Å². The average Bonchev–Trinajstić information content (AvgIpc) is 3.13. The molecule has 0 fully saturated rings. The molecule has 1 aromatic heterocycles. The molecular formula is C18H22N2O3S2. The van der Waals surface area contributed by atoms with E-state index in [1.165, 1.54) is 9.18 Å². The Morgan fingerprint density at radius 2 is 2.16 bits per heavy atom. The zero-order chi connectivity index (χ0) is 17.9. The van der Waals surface area contributed by atoms with Gasteiger partial charge in [0.15, 0.2) is 0 Å². The number of nitrogens with one attached hydrogen (secondary N) is 1. The van der Waals surface area contributed by atoms with Crippen LogP contribution in [-0.2, 0) is 27.7 Å². The van der Waals surface area contributed by atoms with Crippen LogP contribution in [0.5, 0.6) is 0 Å². The Morgan fingerprint density at radius 1 is 1.32 bits per heavy atom. The van der Waals surface area contributed by atoms with E-state index >= 15 is 0 Å². The van der Waals surface area contributed by atoms with Crippen LogP contribution in [0.1, 0.15) is 30.2 Å². The molecule has 2 heterocycles. The van der Waals surface area contributed by atoms with E-state index in [1.807, 2.05) is 23.6 Å². The number of benzene rings is 1. The molecule has 0 saturated carbocycles. The number of sulfonamides is 1. The van der Waals surface area contributed by atoms with Crippen molar-refractivity contribution in [3.8, 4) is 0 Å². The van der Waals surface area contributed by atoms with Crippen molar-refractivity contribution in [2.45, 2.75) is 32.6 Å². The van der Waals surface area contributed by atoms with Gasteiger partial charge in [-0.3, -0.25) is 9.10 Å². The molecule has 0 unspecified atom stereocenters. The van der Waals surface area contributed by atoms with Gasteiger partial charge in [0.1, 0.15) is 0 Å². The fourth-order valence-electron chi connectivity index (χ4n) is 3.00. The Kier molecular flexibility index (Phi) is 5.44. The van der Waals surface area contributed by atoms with Gasteiger partial charge in [-0.05, 0) is 61.4 Å². The van der Waals surface area contributed by atoms with Crippen molar-refractivity contribution < 1.29 is 13.2 Å². The van der Waals surface area contributed by atoms with E-state index in [9.17, 15) is 13.2 Å². The van der Waals surface area contributed by atoms with E-state index in [0.29, 0.717) is 13.0 Å². The number of nitrogens with zero attached hydrogens (tertiary/aromatic N) is 1. The molecule has 0 spiro atoms. The number of fused-ring (bicyclic) bond motifs is 1. The number of hydrogen-bond acceptors (Lipinski definition) is 4. The van der Waals surface area contributed by atoms with E-state index in [0.717, 1.165) is 36.2 Å². The van der Waals surface area contributed by atoms with Crippen molar-refractivity contribution in [1.82, 2.24) is 0 Å². The maximum absolute atomic E-state index is 12.2. The molecule has 3 rings (SSSR count). The molecule has 2 aromatic rings. The van der Waals surface area contributed by atoms with Gasteiger partial charge >= 0.3 is 0 Å². The van der Waals surface area contributed by atoms with E-state index in [4.69, 9.17) is 0 Å². The molecule has 1 N–H and O–H groups in total. The maximum Gasteiger partial charge on any atom is 0.234 e. The molecule has 1 aromatic carbocycles. The third-order valence-corrected chi connectivity index (χ3v) is 7.04. The van der Waals surface area contributed by atoms with Gasteiger partial charge in [0.25, 0.3) is 0 Å². The summed E-state index contributed by atoms with van der Waals surface area (Å²) < 4.78 is 26.0. The second-order valence-electron chi connectivity index (χ2n) is 6.05. The van der Waals surface area contributed by atoms with Crippen molar-refractivity contribution >= 4 is 38.6 Å². The highest BCUT2D eigenvalue weighted by molar-refractivity contribution is 7.92. The van der Waals surface area contributed by atoms with Gasteiger partial charge in [-0.2, -0.15) is 0 Å². The van der Waals surface area contributed by atoms with Crippen LogP contribution < -0.4 is 9.62 Å². The predicted molar refractivity (Wildman–Crippen MR) is 103 cm³/mol. The number of hydrogen-bond donors (Lipinski definition) is 1. The highest BCUT2D eigenvalue weighted by Crippen LogP contribution is 2.31. The molecule has 0 bridgehead atoms. The summed E-state index contributed by atoms with van der Waals surface area (Å²) in [6.45, 7) is 2.18. The summed E-state index contributed by atoms with van der Waals surface area (Å²) in [6.07, 6.45) is 2.79. The largest absolute Gasteiger partial charge is 0.326 e. The lowest BCUT2D eigenvalue weighted by molar-refractivity contribution is -0.116. The molecule has 0 atom stereocenters. The first-order valence-electron chi connectivity index (χ1n) is 8.45. The standard InChI is InChI=1S/C18H22N2O3S2/c1-2-25(22,23)20-11-3-5-14-13-15(7-9-17(14)20)19-18(21)10-8-16-6-4-12-24-16/h4,6-7,9,12-13H,2-3,5,8,10-11H2,1H3,(H,19,21). The van der Waals surface area contributed by atoms with Gasteiger partial charge in [0.2, 0.25) is 15.9 Å². The lowest BCUT2D eigenvalue weighted by Crippen LogP contribution is -2.36. The molecule has 134 valence electrons. The number of thiophene rings is 1. The number of aryl methyl sites for hydroxylation is 2. The number of amides is 1. The monoisotopic (exact) mass is 378 g/mol. The minimum absolute atomic E-state index is 0.0257. The quantitative estimate of drug-likeness (QED) is 0.837. The molecule has 1 amide bonds. The zero-order valence-electron chi connectivity index (χ0n) is 14.2. The van der Waals surface area contributed by atoms with Gasteiger partial charge < -0.3 is 5.32 Å². The Bertz CT molecular complexity index is 845. The number of rotatable bonds is 6. The van der Waals surface area contributed by atoms with Gasteiger partial charge in [0, 0.05) is 23.5 Å². The summed E-state index contributed by atoms with van der Waals surface area (Å²) >= 11 is 1.65. The van der Waals surface area contributed by atoms with Crippen molar-refractivity contribution in [2.24, 2.45) is 0 Å². The minimum Gasteiger partial charge on any atom is -0.326 e. The van der Waals surface area contributed by atoms with Crippen LogP contribution in [0.15, 0.2) is 35.7 Å². The first-order valence-corrected chi connectivity index (χ1v) is 10.9. The molecule has 25 heavy (non-hydrogen) atoms. The van der Waals surface area contributed by atoms with Gasteiger partial charge in [-0.1, -0.05) is 6.07 Å². The number of anilines is 2. The lowest BCUT2D eigenvalue weighted by atomic mass is 10.0. The van der Waals surface area contributed by atoms with Crippen LogP contribution in [-0.4, -0.2) is 26.6 Å². The third-order valence-electron chi connectivity index (χ3n) is 4.32. The summed E-state index contributed by atoms with van der Waals surface area (Å²) in [5.74, 6) is 0.0652. The van der Waals surface area contributed by atoms with Crippen LogP contribution in [0.3, 0.4) is 0 Å². The zero-order valence-corrected chi connectivity index (χ0v) is 15.8. The summed E-state index contributed by atoms with van der Waals surface area (Å²) in [7, 11) is -3.26. The molecular weight excluding hydrogens is 356 g/mol. The summed E-state index contributed by atoms with van der Waals surface area (Å²) in [5, 5.41) is 4.93. The number of carbonyl (C=O) groups excluding carboxylic acids is 1. The smallest absolute Gasteiger partial charge is 0.234 e. The van der Waals surface area contributed by atoms with Crippen molar-refractivity contribution in [2.75, 3.05) is 21.9 Å². The maximum atomic E-state index is 12.2. The van der Waals surface area contributed by atoms with Crippen molar-refractivity contribution in [3.05, 3.63) is 46.2 Å². The van der Waals surface area contributed by atoms with Crippen LogP contribution in [0.2, 0.25) is 0 Å². The predicted octanol–water partition coefficient (Wildman–Crippen LogP) is 3.42. The highest BCUT2D eigenvalue weighted by Gasteiger charge is 2.26. The third kappa shape index (κ3) is 4.22. The van der Waals surface area contributed by atoms with Crippen LogP contribution >= 0.6 is 11.3 Å². The normalized spacial score (nSPS) is 14.2. The summed E-state index contributed by atoms with van der Waals surface area (Å²) in [6, 6.07) is 9.49. The first-order chi connectivity index (χ1) is 12.0.